The van der Waals surface area contributed by atoms with Crippen LogP contribution in [0.4, 0.5) is 0 Å². The molecule has 2 N–H and O–H groups in total. The van der Waals surface area contributed by atoms with Crippen molar-refractivity contribution in [2.45, 2.75) is 45.8 Å². The lowest BCUT2D eigenvalue weighted by Crippen LogP contribution is -2.43. The van der Waals surface area contributed by atoms with E-state index in [0.717, 1.165) is 18.6 Å². The molecule has 0 aliphatic carbocycles. The highest BCUT2D eigenvalue weighted by Gasteiger charge is 2.31. The molecule has 0 spiro atoms. The van der Waals surface area contributed by atoms with Crippen LogP contribution in [0.2, 0.25) is 0 Å². The number of rotatable bonds is 4. The summed E-state index contributed by atoms with van der Waals surface area (Å²) in [5.74, 6) is 2.22. The first-order valence-electron chi connectivity index (χ1n) is 6.58. The SMILES string of the molecule is CC(C)CC(C)C(N)C1Cc2ccccc2O1. The zero-order valence-electron chi connectivity index (χ0n) is 11.0. The lowest BCUT2D eigenvalue weighted by Gasteiger charge is -2.26. The van der Waals surface area contributed by atoms with Crippen molar-refractivity contribution in [3.05, 3.63) is 29.8 Å². The molecule has 0 radical (unpaired) electrons. The van der Waals surface area contributed by atoms with Crippen molar-refractivity contribution in [2.24, 2.45) is 17.6 Å². The Morgan fingerprint density at radius 3 is 2.65 bits per heavy atom. The number of hydrogen-bond acceptors (Lipinski definition) is 2. The first-order chi connectivity index (χ1) is 8.08. The predicted octanol–water partition coefficient (Wildman–Crippen LogP) is 3.00. The molecule has 1 aliphatic heterocycles. The fourth-order valence-electron chi connectivity index (χ4n) is 2.69. The van der Waals surface area contributed by atoms with Crippen LogP contribution < -0.4 is 10.5 Å². The van der Waals surface area contributed by atoms with E-state index in [1.165, 1.54) is 5.56 Å². The summed E-state index contributed by atoms with van der Waals surface area (Å²) >= 11 is 0. The highest BCUT2D eigenvalue weighted by Crippen LogP contribution is 2.31. The van der Waals surface area contributed by atoms with Gasteiger partial charge in [0.2, 0.25) is 0 Å². The van der Waals surface area contributed by atoms with E-state index in [0.29, 0.717) is 11.8 Å². The van der Waals surface area contributed by atoms with E-state index in [-0.39, 0.29) is 12.1 Å². The van der Waals surface area contributed by atoms with E-state index in [1.807, 2.05) is 12.1 Å². The molecule has 0 saturated heterocycles. The largest absolute Gasteiger partial charge is 0.488 e. The molecule has 1 aromatic rings. The predicted molar refractivity (Wildman–Crippen MR) is 71.2 cm³/mol. The molecule has 2 nitrogen and oxygen atoms in total. The van der Waals surface area contributed by atoms with Crippen molar-refractivity contribution < 1.29 is 4.74 Å². The van der Waals surface area contributed by atoms with Crippen LogP contribution in [-0.2, 0) is 6.42 Å². The van der Waals surface area contributed by atoms with Crippen molar-refractivity contribution in [1.82, 2.24) is 0 Å². The summed E-state index contributed by atoms with van der Waals surface area (Å²) in [6.45, 7) is 6.72. The molecule has 0 bridgehead atoms. The molecule has 0 saturated carbocycles. The molecule has 0 amide bonds. The topological polar surface area (TPSA) is 35.2 Å². The number of ether oxygens (including phenoxy) is 1. The Morgan fingerprint density at radius 2 is 2.00 bits per heavy atom. The van der Waals surface area contributed by atoms with Crippen molar-refractivity contribution in [3.8, 4) is 5.75 Å². The van der Waals surface area contributed by atoms with E-state index in [9.17, 15) is 0 Å². The molecule has 17 heavy (non-hydrogen) atoms. The maximum atomic E-state index is 6.33. The monoisotopic (exact) mass is 233 g/mol. The number of benzene rings is 1. The van der Waals surface area contributed by atoms with Crippen LogP contribution in [0.3, 0.4) is 0 Å². The van der Waals surface area contributed by atoms with Crippen LogP contribution in [0, 0.1) is 11.8 Å². The minimum absolute atomic E-state index is 0.129. The molecule has 1 aliphatic rings. The van der Waals surface area contributed by atoms with E-state index >= 15 is 0 Å². The van der Waals surface area contributed by atoms with Crippen LogP contribution in [0.5, 0.6) is 5.75 Å². The van der Waals surface area contributed by atoms with Crippen LogP contribution >= 0.6 is 0 Å². The van der Waals surface area contributed by atoms with Crippen LogP contribution in [0.15, 0.2) is 24.3 Å². The molecule has 0 fully saturated rings. The van der Waals surface area contributed by atoms with Gasteiger partial charge >= 0.3 is 0 Å². The smallest absolute Gasteiger partial charge is 0.123 e. The molecule has 1 aromatic carbocycles. The summed E-state index contributed by atoms with van der Waals surface area (Å²) < 4.78 is 5.95. The summed E-state index contributed by atoms with van der Waals surface area (Å²) in [7, 11) is 0. The quantitative estimate of drug-likeness (QED) is 0.867. The third-order valence-corrected chi connectivity index (χ3v) is 3.60. The fraction of sp³-hybridized carbons (Fsp3) is 0.600. The van der Waals surface area contributed by atoms with Crippen molar-refractivity contribution in [2.75, 3.05) is 0 Å². The standard InChI is InChI=1S/C15H23NO/c1-10(2)8-11(3)15(16)14-9-12-6-4-5-7-13(12)17-14/h4-7,10-11,14-15H,8-9,16H2,1-3H3. The second-order valence-corrected chi connectivity index (χ2v) is 5.65. The Hall–Kier alpha value is -1.02. The highest BCUT2D eigenvalue weighted by molar-refractivity contribution is 5.37. The summed E-state index contributed by atoms with van der Waals surface area (Å²) in [4.78, 5) is 0. The second kappa shape index (κ2) is 5.09. The molecule has 0 aromatic heterocycles. The Morgan fingerprint density at radius 1 is 1.29 bits per heavy atom. The Balaban J connectivity index is 1.98. The van der Waals surface area contributed by atoms with E-state index in [4.69, 9.17) is 10.5 Å². The van der Waals surface area contributed by atoms with E-state index in [1.54, 1.807) is 0 Å². The molecule has 2 rings (SSSR count). The second-order valence-electron chi connectivity index (χ2n) is 5.65. The highest BCUT2D eigenvalue weighted by atomic mass is 16.5. The minimum Gasteiger partial charge on any atom is -0.488 e. The number of para-hydroxylation sites is 1. The molecule has 94 valence electrons. The van der Waals surface area contributed by atoms with E-state index < -0.39 is 0 Å². The minimum atomic E-state index is 0.129. The maximum absolute atomic E-state index is 6.33. The van der Waals surface area contributed by atoms with Crippen LogP contribution in [-0.4, -0.2) is 12.1 Å². The van der Waals surface area contributed by atoms with Gasteiger partial charge in [-0.25, -0.2) is 0 Å². The molecule has 3 unspecified atom stereocenters. The van der Waals surface area contributed by atoms with Crippen molar-refractivity contribution in [3.63, 3.8) is 0 Å². The van der Waals surface area contributed by atoms with E-state index in [2.05, 4.69) is 32.9 Å². The van der Waals surface area contributed by atoms with Crippen molar-refractivity contribution >= 4 is 0 Å². The molecular formula is C15H23NO. The van der Waals surface area contributed by atoms with Crippen LogP contribution in [0.25, 0.3) is 0 Å². The first-order valence-corrected chi connectivity index (χ1v) is 6.58. The number of fused-ring (bicyclic) bond motifs is 1. The molecule has 1 heterocycles. The lowest BCUT2D eigenvalue weighted by molar-refractivity contribution is 0.160. The zero-order chi connectivity index (χ0) is 12.4. The third kappa shape index (κ3) is 2.81. The molecule has 3 atom stereocenters. The normalized spacial score (nSPS) is 22.1. The van der Waals surface area contributed by atoms with Gasteiger partial charge in [-0.1, -0.05) is 39.0 Å². The lowest BCUT2D eigenvalue weighted by atomic mass is 9.88. The summed E-state index contributed by atoms with van der Waals surface area (Å²) in [6.07, 6.45) is 2.28. The average molecular weight is 233 g/mol. The van der Waals surface area contributed by atoms with Gasteiger partial charge in [0.15, 0.2) is 0 Å². The van der Waals surface area contributed by atoms with Crippen molar-refractivity contribution in [1.29, 1.82) is 0 Å². The summed E-state index contributed by atoms with van der Waals surface area (Å²) in [5.41, 5.74) is 7.62. The van der Waals surface area contributed by atoms with Gasteiger partial charge in [-0.05, 0) is 29.9 Å². The van der Waals surface area contributed by atoms with Gasteiger partial charge in [-0.3, -0.25) is 0 Å². The number of hydrogen-bond donors (Lipinski definition) is 1. The average Bonchev–Trinajstić information content (AvgIpc) is 2.70. The fourth-order valence-corrected chi connectivity index (χ4v) is 2.69. The van der Waals surface area contributed by atoms with Crippen LogP contribution in [0.1, 0.15) is 32.8 Å². The van der Waals surface area contributed by atoms with Gasteiger partial charge in [0.05, 0.1) is 0 Å². The van der Waals surface area contributed by atoms with Gasteiger partial charge in [-0.15, -0.1) is 0 Å². The molecular weight excluding hydrogens is 210 g/mol. The Kier molecular flexibility index (Phi) is 3.72. The van der Waals surface area contributed by atoms with Gasteiger partial charge in [-0.2, -0.15) is 0 Å². The van der Waals surface area contributed by atoms with Gasteiger partial charge in [0, 0.05) is 12.5 Å². The Bertz CT molecular complexity index is 350. The Labute approximate surface area is 104 Å². The maximum Gasteiger partial charge on any atom is 0.123 e. The van der Waals surface area contributed by atoms with Gasteiger partial charge < -0.3 is 10.5 Å². The zero-order valence-corrected chi connectivity index (χ0v) is 11.0. The first kappa shape index (κ1) is 12.4. The molecule has 2 heteroatoms. The summed E-state index contributed by atoms with van der Waals surface area (Å²) in [5, 5.41) is 0. The number of nitrogens with two attached hydrogens (primary N) is 1. The third-order valence-electron chi connectivity index (χ3n) is 3.60. The van der Waals surface area contributed by atoms with Gasteiger partial charge in [0.25, 0.3) is 0 Å². The van der Waals surface area contributed by atoms with Gasteiger partial charge in [0.1, 0.15) is 11.9 Å². The summed E-state index contributed by atoms with van der Waals surface area (Å²) in [6, 6.07) is 8.38.